The Morgan fingerprint density at radius 3 is 2.88 bits per heavy atom. The molecule has 4 heteroatoms. The van der Waals surface area contributed by atoms with E-state index in [9.17, 15) is 5.11 Å². The van der Waals surface area contributed by atoms with Crippen LogP contribution in [0.2, 0.25) is 6.04 Å². The van der Waals surface area contributed by atoms with Gasteiger partial charge in [-0.25, -0.2) is 0 Å². The topological polar surface area (TPSA) is 62.0 Å². The van der Waals surface area contributed by atoms with Gasteiger partial charge in [0.1, 0.15) is 5.75 Å². The molecule has 1 aromatic carbocycles. The first kappa shape index (κ1) is 12.2. The fourth-order valence-corrected chi connectivity index (χ4v) is 3.58. The van der Waals surface area contributed by atoms with E-state index in [2.05, 4.69) is 18.8 Å². The molecule has 0 spiro atoms. The standard InChI is InChI=1S/C13H20N2OSi/c1-13(2,14)17-6-5-9-8-15-12-4-3-10(16)7-11(9)12/h3-4,7-8,15-16H,5-6,14,17H2,1-2H3. The molecule has 2 aromatic rings. The molecule has 0 aliphatic rings. The molecule has 0 amide bonds. The number of phenols is 1. The van der Waals surface area contributed by atoms with Gasteiger partial charge in [-0.3, -0.25) is 0 Å². The normalized spacial score (nSPS) is 12.9. The van der Waals surface area contributed by atoms with E-state index < -0.39 is 0 Å². The van der Waals surface area contributed by atoms with E-state index in [0.29, 0.717) is 5.75 Å². The molecule has 0 saturated heterocycles. The highest BCUT2D eigenvalue weighted by atomic mass is 28.2. The highest BCUT2D eigenvalue weighted by molar-refractivity contribution is 6.39. The number of benzene rings is 1. The number of aromatic nitrogens is 1. The van der Waals surface area contributed by atoms with Crippen molar-refractivity contribution in [1.82, 2.24) is 4.98 Å². The number of hydrogen-bond donors (Lipinski definition) is 3. The summed E-state index contributed by atoms with van der Waals surface area (Å²) in [5.41, 5.74) is 8.40. The minimum absolute atomic E-state index is 0.0360. The number of aryl methyl sites for hydroxylation is 1. The Morgan fingerprint density at radius 2 is 2.18 bits per heavy atom. The maximum absolute atomic E-state index is 9.50. The van der Waals surface area contributed by atoms with E-state index in [0.717, 1.165) is 17.3 Å². The summed E-state index contributed by atoms with van der Waals surface area (Å²) in [6.45, 7) is 4.22. The molecule has 92 valence electrons. The number of rotatable bonds is 4. The summed E-state index contributed by atoms with van der Waals surface area (Å²) in [6, 6.07) is 6.65. The molecule has 0 saturated carbocycles. The minimum Gasteiger partial charge on any atom is -0.508 e. The van der Waals surface area contributed by atoms with E-state index in [1.165, 1.54) is 11.6 Å². The van der Waals surface area contributed by atoms with Crippen LogP contribution in [0.4, 0.5) is 0 Å². The van der Waals surface area contributed by atoms with Crippen LogP contribution in [0.1, 0.15) is 19.4 Å². The number of fused-ring (bicyclic) bond motifs is 1. The number of aromatic amines is 1. The number of nitrogens with one attached hydrogen (secondary N) is 1. The maximum Gasteiger partial charge on any atom is 0.116 e. The smallest absolute Gasteiger partial charge is 0.116 e. The van der Waals surface area contributed by atoms with Crippen molar-refractivity contribution in [2.45, 2.75) is 31.5 Å². The molecule has 3 nitrogen and oxygen atoms in total. The quantitative estimate of drug-likeness (QED) is 0.721. The second kappa shape index (κ2) is 4.54. The van der Waals surface area contributed by atoms with Crippen molar-refractivity contribution >= 4 is 20.4 Å². The summed E-state index contributed by atoms with van der Waals surface area (Å²) in [4.78, 5) is 3.24. The summed E-state index contributed by atoms with van der Waals surface area (Å²) >= 11 is 0. The van der Waals surface area contributed by atoms with Crippen molar-refractivity contribution in [3.63, 3.8) is 0 Å². The lowest BCUT2D eigenvalue weighted by Gasteiger charge is -2.16. The van der Waals surface area contributed by atoms with Crippen molar-refractivity contribution in [1.29, 1.82) is 0 Å². The Labute approximate surface area is 104 Å². The van der Waals surface area contributed by atoms with Gasteiger partial charge in [0.05, 0.1) is 0 Å². The fraction of sp³-hybridized carbons (Fsp3) is 0.385. The van der Waals surface area contributed by atoms with E-state index >= 15 is 0 Å². The van der Waals surface area contributed by atoms with Crippen molar-refractivity contribution in [2.75, 3.05) is 0 Å². The minimum atomic E-state index is -0.247. The largest absolute Gasteiger partial charge is 0.508 e. The first-order chi connectivity index (χ1) is 7.96. The molecule has 4 N–H and O–H groups in total. The summed E-state index contributed by atoms with van der Waals surface area (Å²) < 4.78 is 0. The zero-order chi connectivity index (χ0) is 12.5. The number of nitrogens with two attached hydrogens (primary N) is 1. The van der Waals surface area contributed by atoms with Gasteiger partial charge in [-0.15, -0.1) is 0 Å². The molecular weight excluding hydrogens is 228 g/mol. The van der Waals surface area contributed by atoms with Crippen LogP contribution in [0.5, 0.6) is 5.75 Å². The Morgan fingerprint density at radius 1 is 1.41 bits per heavy atom. The van der Waals surface area contributed by atoms with Crippen LogP contribution in [-0.2, 0) is 6.42 Å². The van der Waals surface area contributed by atoms with Crippen molar-refractivity contribution in [3.8, 4) is 5.75 Å². The molecule has 0 aliphatic heterocycles. The first-order valence-corrected chi connectivity index (χ1v) is 7.74. The highest BCUT2D eigenvalue weighted by Crippen LogP contribution is 2.24. The zero-order valence-corrected chi connectivity index (χ0v) is 11.9. The zero-order valence-electron chi connectivity index (χ0n) is 10.5. The third kappa shape index (κ3) is 3.11. The van der Waals surface area contributed by atoms with E-state index in [1.807, 2.05) is 18.3 Å². The second-order valence-corrected chi connectivity index (χ2v) is 8.42. The monoisotopic (exact) mass is 248 g/mol. The predicted molar refractivity (Wildman–Crippen MR) is 75.3 cm³/mol. The molecule has 0 radical (unpaired) electrons. The average molecular weight is 248 g/mol. The molecule has 0 bridgehead atoms. The van der Waals surface area contributed by atoms with Crippen LogP contribution in [0.15, 0.2) is 24.4 Å². The van der Waals surface area contributed by atoms with Gasteiger partial charge in [0.15, 0.2) is 0 Å². The predicted octanol–water partition coefficient (Wildman–Crippen LogP) is 1.70. The molecule has 1 aromatic heterocycles. The highest BCUT2D eigenvalue weighted by Gasteiger charge is 2.11. The van der Waals surface area contributed by atoms with E-state index in [4.69, 9.17) is 5.73 Å². The molecule has 17 heavy (non-hydrogen) atoms. The van der Waals surface area contributed by atoms with Gasteiger partial charge >= 0.3 is 0 Å². The van der Waals surface area contributed by atoms with Gasteiger partial charge in [0.2, 0.25) is 0 Å². The Hall–Kier alpha value is -1.26. The Balaban J connectivity index is 2.11. The van der Waals surface area contributed by atoms with Gasteiger partial charge in [-0.05, 0) is 35.3 Å². The second-order valence-electron chi connectivity index (χ2n) is 5.39. The van der Waals surface area contributed by atoms with E-state index in [-0.39, 0.29) is 14.7 Å². The maximum atomic E-state index is 9.50. The molecule has 0 aliphatic carbocycles. The van der Waals surface area contributed by atoms with Crippen LogP contribution in [0.3, 0.4) is 0 Å². The van der Waals surface area contributed by atoms with Gasteiger partial charge in [-0.1, -0.05) is 19.9 Å². The summed E-state index contributed by atoms with van der Waals surface area (Å²) in [5.74, 6) is 0.328. The van der Waals surface area contributed by atoms with Crippen molar-refractivity contribution in [2.24, 2.45) is 5.73 Å². The molecule has 2 rings (SSSR count). The third-order valence-electron chi connectivity index (χ3n) is 3.02. The van der Waals surface area contributed by atoms with Crippen LogP contribution >= 0.6 is 0 Å². The van der Waals surface area contributed by atoms with Crippen LogP contribution < -0.4 is 5.73 Å². The van der Waals surface area contributed by atoms with Crippen LogP contribution in [0.25, 0.3) is 10.9 Å². The SMILES string of the molecule is CC(C)(N)[SiH2]CCc1c[nH]c2ccc(O)cc12. The number of aromatic hydroxyl groups is 1. The molecule has 0 atom stereocenters. The van der Waals surface area contributed by atoms with Crippen molar-refractivity contribution in [3.05, 3.63) is 30.0 Å². The third-order valence-corrected chi connectivity index (χ3v) is 5.01. The number of H-pyrrole nitrogens is 1. The van der Waals surface area contributed by atoms with Gasteiger partial charge < -0.3 is 15.8 Å². The van der Waals surface area contributed by atoms with Gasteiger partial charge in [-0.2, -0.15) is 0 Å². The van der Waals surface area contributed by atoms with E-state index in [1.54, 1.807) is 6.07 Å². The van der Waals surface area contributed by atoms with Crippen LogP contribution in [0, 0.1) is 0 Å². The summed E-state index contributed by atoms with van der Waals surface area (Å²) in [5, 5.41) is 10.7. The Bertz CT molecular complexity index is 514. The Kier molecular flexibility index (Phi) is 3.26. The van der Waals surface area contributed by atoms with Gasteiger partial charge in [0.25, 0.3) is 0 Å². The van der Waals surface area contributed by atoms with Gasteiger partial charge in [0, 0.05) is 26.6 Å². The summed E-state index contributed by atoms with van der Waals surface area (Å²) in [6.07, 6.45) is 3.10. The number of hydrogen-bond acceptors (Lipinski definition) is 2. The van der Waals surface area contributed by atoms with Crippen LogP contribution in [-0.4, -0.2) is 24.8 Å². The molecule has 1 heterocycles. The lowest BCUT2D eigenvalue weighted by atomic mass is 10.1. The lowest BCUT2D eigenvalue weighted by molar-refractivity contribution is 0.476. The summed E-state index contributed by atoms with van der Waals surface area (Å²) in [7, 11) is -0.247. The van der Waals surface area contributed by atoms with Crippen molar-refractivity contribution < 1.29 is 5.11 Å². The average Bonchev–Trinajstić information content (AvgIpc) is 2.59. The fourth-order valence-electron chi connectivity index (χ4n) is 2.11. The molecule has 0 fully saturated rings. The lowest BCUT2D eigenvalue weighted by Crippen LogP contribution is -2.38. The number of phenolic OH excluding ortho intramolecular Hbond substituents is 1. The first-order valence-electron chi connectivity index (χ1n) is 6.03. The molecule has 0 unspecified atom stereocenters. The molecular formula is C13H20N2OSi.